The molecule has 6 heteroatoms. The quantitative estimate of drug-likeness (QED) is 0.814. The summed E-state index contributed by atoms with van der Waals surface area (Å²) >= 11 is 5.78. The van der Waals surface area contributed by atoms with E-state index in [9.17, 15) is 8.42 Å². The van der Waals surface area contributed by atoms with Crippen molar-refractivity contribution in [2.75, 3.05) is 12.4 Å². The van der Waals surface area contributed by atoms with Crippen molar-refractivity contribution in [1.29, 1.82) is 0 Å². The van der Waals surface area contributed by atoms with Gasteiger partial charge in [-0.25, -0.2) is 13.1 Å². The van der Waals surface area contributed by atoms with E-state index in [1.165, 1.54) is 12.3 Å². The minimum atomic E-state index is -3.43. The number of rotatable bonds is 5. The number of pyridine rings is 1. The maximum Gasteiger partial charge on any atom is 0.242 e. The van der Waals surface area contributed by atoms with Crippen LogP contribution in [0.25, 0.3) is 0 Å². The van der Waals surface area contributed by atoms with E-state index in [0.717, 1.165) is 12.8 Å². The minimum absolute atomic E-state index is 0.0170. The maximum absolute atomic E-state index is 11.8. The second-order valence-electron chi connectivity index (χ2n) is 4.15. The monoisotopic (exact) mass is 260 g/mol. The normalized spacial score (nSPS) is 18.3. The van der Waals surface area contributed by atoms with Crippen molar-refractivity contribution in [3.63, 3.8) is 0 Å². The molecule has 4 nitrogen and oxygen atoms in total. The van der Waals surface area contributed by atoms with Crippen molar-refractivity contribution in [3.05, 3.63) is 24.5 Å². The highest BCUT2D eigenvalue weighted by molar-refractivity contribution is 7.89. The molecule has 0 unspecified atom stereocenters. The largest absolute Gasteiger partial charge is 0.263 e. The van der Waals surface area contributed by atoms with Crippen molar-refractivity contribution in [1.82, 2.24) is 9.71 Å². The van der Waals surface area contributed by atoms with Crippen LogP contribution in [0.15, 0.2) is 29.4 Å². The number of halogens is 1. The Kier molecular flexibility index (Phi) is 3.19. The van der Waals surface area contributed by atoms with E-state index < -0.39 is 10.0 Å². The summed E-state index contributed by atoms with van der Waals surface area (Å²) in [6.07, 6.45) is 4.86. The molecule has 0 spiro atoms. The SMILES string of the molecule is O=S(=O)(NCC1(CCl)CC1)c1cccnc1. The summed E-state index contributed by atoms with van der Waals surface area (Å²) < 4.78 is 26.2. The van der Waals surface area contributed by atoms with Gasteiger partial charge in [0.25, 0.3) is 0 Å². The number of sulfonamides is 1. The van der Waals surface area contributed by atoms with Gasteiger partial charge in [-0.2, -0.15) is 0 Å². The Morgan fingerprint density at radius 2 is 2.25 bits per heavy atom. The van der Waals surface area contributed by atoms with E-state index in [4.69, 9.17) is 11.6 Å². The van der Waals surface area contributed by atoms with Crippen LogP contribution in [0.3, 0.4) is 0 Å². The Bertz CT molecular complexity index is 457. The Morgan fingerprint density at radius 1 is 1.50 bits per heavy atom. The van der Waals surface area contributed by atoms with Crippen LogP contribution in [0.5, 0.6) is 0 Å². The van der Waals surface area contributed by atoms with Crippen molar-refractivity contribution in [2.24, 2.45) is 5.41 Å². The van der Waals surface area contributed by atoms with E-state index >= 15 is 0 Å². The van der Waals surface area contributed by atoms with E-state index in [1.807, 2.05) is 0 Å². The predicted octanol–water partition coefficient (Wildman–Crippen LogP) is 1.38. The molecule has 1 heterocycles. The molecule has 0 aromatic carbocycles. The van der Waals surface area contributed by atoms with Gasteiger partial charge < -0.3 is 0 Å². The van der Waals surface area contributed by atoms with Gasteiger partial charge in [-0.3, -0.25) is 4.98 Å². The topological polar surface area (TPSA) is 59.1 Å². The summed E-state index contributed by atoms with van der Waals surface area (Å²) in [5.41, 5.74) is -0.0170. The summed E-state index contributed by atoms with van der Waals surface area (Å²) in [6, 6.07) is 3.12. The van der Waals surface area contributed by atoms with Gasteiger partial charge in [0.05, 0.1) is 0 Å². The summed E-state index contributed by atoms with van der Waals surface area (Å²) in [4.78, 5) is 3.98. The Balaban J connectivity index is 2.04. The number of nitrogens with one attached hydrogen (secondary N) is 1. The van der Waals surface area contributed by atoms with Crippen LogP contribution >= 0.6 is 11.6 Å². The summed E-state index contributed by atoms with van der Waals surface area (Å²) in [7, 11) is -3.43. The number of hydrogen-bond donors (Lipinski definition) is 1. The van der Waals surface area contributed by atoms with Gasteiger partial charge in [-0.1, -0.05) is 0 Å². The van der Waals surface area contributed by atoms with Gasteiger partial charge in [-0.15, -0.1) is 11.6 Å². The van der Waals surface area contributed by atoms with Crippen molar-refractivity contribution in [3.8, 4) is 0 Å². The molecule has 0 amide bonds. The third-order valence-electron chi connectivity index (χ3n) is 2.82. The van der Waals surface area contributed by atoms with Gasteiger partial charge in [0, 0.05) is 24.8 Å². The molecule has 0 saturated heterocycles. The fourth-order valence-electron chi connectivity index (χ4n) is 1.37. The molecule has 0 aliphatic heterocycles. The van der Waals surface area contributed by atoms with E-state index in [1.54, 1.807) is 12.3 Å². The molecular formula is C10H13ClN2O2S. The van der Waals surface area contributed by atoms with Crippen LogP contribution in [0.1, 0.15) is 12.8 Å². The van der Waals surface area contributed by atoms with Crippen LogP contribution in [-0.4, -0.2) is 25.8 Å². The number of aromatic nitrogens is 1. The zero-order chi connectivity index (χ0) is 11.6. The molecule has 1 aromatic rings. The van der Waals surface area contributed by atoms with E-state index in [0.29, 0.717) is 12.4 Å². The van der Waals surface area contributed by atoms with Gasteiger partial charge in [0.2, 0.25) is 10.0 Å². The lowest BCUT2D eigenvalue weighted by Crippen LogP contribution is -2.31. The molecule has 88 valence electrons. The molecule has 1 N–H and O–H groups in total. The smallest absolute Gasteiger partial charge is 0.242 e. The number of nitrogens with zero attached hydrogens (tertiary/aromatic N) is 1. The number of alkyl halides is 1. The average Bonchev–Trinajstić information content (AvgIpc) is 3.09. The molecule has 1 saturated carbocycles. The third-order valence-corrected chi connectivity index (χ3v) is 4.78. The van der Waals surface area contributed by atoms with Crippen molar-refractivity contribution < 1.29 is 8.42 Å². The fourth-order valence-corrected chi connectivity index (χ4v) is 2.85. The lowest BCUT2D eigenvalue weighted by molar-refractivity contribution is 0.534. The molecule has 1 aliphatic rings. The number of hydrogen-bond acceptors (Lipinski definition) is 3. The second kappa shape index (κ2) is 4.31. The summed E-state index contributed by atoms with van der Waals surface area (Å²) in [6.45, 7) is 0.410. The zero-order valence-electron chi connectivity index (χ0n) is 8.69. The first kappa shape index (κ1) is 11.8. The van der Waals surface area contributed by atoms with Crippen LogP contribution in [0.4, 0.5) is 0 Å². The highest BCUT2D eigenvalue weighted by Crippen LogP contribution is 2.46. The minimum Gasteiger partial charge on any atom is -0.263 e. The zero-order valence-corrected chi connectivity index (χ0v) is 10.3. The standard InChI is InChI=1S/C10H13ClN2O2S/c11-7-10(3-4-10)8-13-16(14,15)9-2-1-5-12-6-9/h1-2,5-6,13H,3-4,7-8H2. The highest BCUT2D eigenvalue weighted by Gasteiger charge is 2.42. The van der Waals surface area contributed by atoms with Gasteiger partial charge >= 0.3 is 0 Å². The summed E-state index contributed by atoms with van der Waals surface area (Å²) in [5, 5.41) is 0. The van der Waals surface area contributed by atoms with Crippen LogP contribution in [0, 0.1) is 5.41 Å². The summed E-state index contributed by atoms with van der Waals surface area (Å²) in [5.74, 6) is 0.503. The first-order chi connectivity index (χ1) is 7.58. The maximum atomic E-state index is 11.8. The molecule has 16 heavy (non-hydrogen) atoms. The molecule has 0 atom stereocenters. The molecule has 1 fully saturated rings. The van der Waals surface area contributed by atoms with Gasteiger partial charge in [0.1, 0.15) is 4.90 Å². The third kappa shape index (κ3) is 2.53. The lowest BCUT2D eigenvalue weighted by atomic mass is 10.1. The van der Waals surface area contributed by atoms with Gasteiger partial charge in [0.15, 0.2) is 0 Å². The Morgan fingerprint density at radius 3 is 2.75 bits per heavy atom. The van der Waals surface area contributed by atoms with E-state index in [-0.39, 0.29) is 10.3 Å². The highest BCUT2D eigenvalue weighted by atomic mass is 35.5. The molecule has 1 aliphatic carbocycles. The first-order valence-corrected chi connectivity index (χ1v) is 7.05. The van der Waals surface area contributed by atoms with Crippen LogP contribution in [0.2, 0.25) is 0 Å². The van der Waals surface area contributed by atoms with Crippen molar-refractivity contribution in [2.45, 2.75) is 17.7 Å². The Labute approximate surface area is 100 Å². The van der Waals surface area contributed by atoms with Gasteiger partial charge in [-0.05, 0) is 30.4 Å². The van der Waals surface area contributed by atoms with Crippen LogP contribution in [-0.2, 0) is 10.0 Å². The molecule has 0 radical (unpaired) electrons. The first-order valence-electron chi connectivity index (χ1n) is 5.04. The van der Waals surface area contributed by atoms with Crippen molar-refractivity contribution >= 4 is 21.6 Å². The molecule has 2 rings (SSSR count). The molecular weight excluding hydrogens is 248 g/mol. The second-order valence-corrected chi connectivity index (χ2v) is 6.18. The van der Waals surface area contributed by atoms with E-state index in [2.05, 4.69) is 9.71 Å². The molecule has 0 bridgehead atoms. The molecule has 1 aromatic heterocycles. The Hall–Kier alpha value is -0.650. The average molecular weight is 261 g/mol. The predicted molar refractivity (Wildman–Crippen MR) is 61.8 cm³/mol. The fraction of sp³-hybridized carbons (Fsp3) is 0.500. The van der Waals surface area contributed by atoms with Crippen LogP contribution < -0.4 is 4.72 Å². The lowest BCUT2D eigenvalue weighted by Gasteiger charge is -2.12.